The first-order valence-electron chi connectivity index (χ1n) is 4.97. The number of hydrogen-bond donors (Lipinski definition) is 1. The molecule has 3 heteroatoms. The number of rotatable bonds is 5. The Morgan fingerprint density at radius 2 is 2.07 bits per heavy atom. The van der Waals surface area contributed by atoms with Gasteiger partial charge in [-0.15, -0.1) is 11.8 Å². The summed E-state index contributed by atoms with van der Waals surface area (Å²) in [4.78, 5) is 1.15. The van der Waals surface area contributed by atoms with Crippen LogP contribution in [0.1, 0.15) is 18.4 Å². The molecule has 1 atom stereocenters. The van der Waals surface area contributed by atoms with Crippen LogP contribution in [0.5, 0.6) is 0 Å². The number of hydrogen-bond acceptors (Lipinski definition) is 3. The van der Waals surface area contributed by atoms with Gasteiger partial charge in [0.1, 0.15) is 0 Å². The van der Waals surface area contributed by atoms with Crippen molar-refractivity contribution < 1.29 is 5.11 Å². The summed E-state index contributed by atoms with van der Waals surface area (Å²) in [5.41, 5.74) is 1.23. The van der Waals surface area contributed by atoms with E-state index in [-0.39, 0.29) is 11.9 Å². The monoisotopic (exact) mass is 221 g/mol. The molecular formula is C12H15NOS. The van der Waals surface area contributed by atoms with Gasteiger partial charge in [0.05, 0.1) is 12.7 Å². The lowest BCUT2D eigenvalue weighted by Gasteiger charge is -2.11. The zero-order valence-corrected chi connectivity index (χ0v) is 9.63. The molecule has 0 radical (unpaired) electrons. The highest BCUT2D eigenvalue weighted by Gasteiger charge is 2.08. The second-order valence-corrected chi connectivity index (χ2v) is 4.81. The fourth-order valence-corrected chi connectivity index (χ4v) is 2.21. The van der Waals surface area contributed by atoms with Crippen molar-refractivity contribution in [2.75, 3.05) is 6.61 Å². The number of nitriles is 1. The molecule has 0 spiro atoms. The van der Waals surface area contributed by atoms with E-state index in [4.69, 9.17) is 10.4 Å². The van der Waals surface area contributed by atoms with Gasteiger partial charge in [-0.2, -0.15) is 5.26 Å². The van der Waals surface area contributed by atoms with Crippen molar-refractivity contribution in [1.82, 2.24) is 0 Å². The van der Waals surface area contributed by atoms with Crippen molar-refractivity contribution in [2.24, 2.45) is 0 Å². The van der Waals surface area contributed by atoms with Gasteiger partial charge in [-0.1, -0.05) is 17.7 Å². The van der Waals surface area contributed by atoms with E-state index in [2.05, 4.69) is 30.3 Å². The minimum Gasteiger partial charge on any atom is -0.395 e. The maximum atomic E-state index is 9.14. The second-order valence-electron chi connectivity index (χ2n) is 3.43. The van der Waals surface area contributed by atoms with Gasteiger partial charge in [-0.05, 0) is 25.5 Å². The van der Waals surface area contributed by atoms with E-state index in [1.54, 1.807) is 11.8 Å². The van der Waals surface area contributed by atoms with Crippen LogP contribution in [0, 0.1) is 18.3 Å². The van der Waals surface area contributed by atoms with Gasteiger partial charge in [0.2, 0.25) is 0 Å². The summed E-state index contributed by atoms with van der Waals surface area (Å²) in [6.07, 6.45) is 1.25. The third-order valence-electron chi connectivity index (χ3n) is 2.11. The maximum Gasteiger partial charge on any atom is 0.0622 e. The van der Waals surface area contributed by atoms with Gasteiger partial charge >= 0.3 is 0 Å². The average Bonchev–Trinajstić information content (AvgIpc) is 2.27. The topological polar surface area (TPSA) is 44.0 Å². The van der Waals surface area contributed by atoms with Crippen LogP contribution in [0.15, 0.2) is 29.2 Å². The first-order chi connectivity index (χ1) is 7.26. The Labute approximate surface area is 94.9 Å². The third-order valence-corrected chi connectivity index (χ3v) is 3.37. The molecule has 0 bridgehead atoms. The smallest absolute Gasteiger partial charge is 0.0622 e. The number of aliphatic hydroxyl groups is 1. The lowest BCUT2D eigenvalue weighted by Crippen LogP contribution is -2.07. The van der Waals surface area contributed by atoms with Gasteiger partial charge < -0.3 is 5.11 Å². The largest absolute Gasteiger partial charge is 0.395 e. The van der Waals surface area contributed by atoms with Crippen LogP contribution in [0.3, 0.4) is 0 Å². The Balaban J connectivity index is 2.51. The molecule has 15 heavy (non-hydrogen) atoms. The van der Waals surface area contributed by atoms with Gasteiger partial charge in [-0.25, -0.2) is 0 Å². The lowest BCUT2D eigenvalue weighted by molar-refractivity contribution is 0.291. The van der Waals surface area contributed by atoms with Crippen molar-refractivity contribution in [3.8, 4) is 6.07 Å². The van der Waals surface area contributed by atoms with Crippen LogP contribution < -0.4 is 0 Å². The molecule has 0 heterocycles. The van der Waals surface area contributed by atoms with Crippen molar-refractivity contribution in [1.29, 1.82) is 5.26 Å². The molecular weight excluding hydrogens is 206 g/mol. The summed E-state index contributed by atoms with van der Waals surface area (Å²) < 4.78 is 0. The standard InChI is InChI=1S/C12H15NOS/c1-10-4-6-11(7-5-10)15-12(9-14)3-2-8-13/h4-7,12,14H,2-3,9H2,1H3. The van der Waals surface area contributed by atoms with Gasteiger partial charge in [0.25, 0.3) is 0 Å². The molecule has 1 aromatic carbocycles. The third kappa shape index (κ3) is 4.37. The first kappa shape index (κ1) is 12.1. The van der Waals surface area contributed by atoms with Crippen molar-refractivity contribution in [2.45, 2.75) is 29.9 Å². The van der Waals surface area contributed by atoms with E-state index >= 15 is 0 Å². The predicted octanol–water partition coefficient (Wildman–Crippen LogP) is 2.75. The van der Waals surface area contributed by atoms with Gasteiger partial charge in [0, 0.05) is 16.6 Å². The van der Waals surface area contributed by atoms with E-state index in [9.17, 15) is 0 Å². The molecule has 0 aliphatic rings. The highest BCUT2D eigenvalue weighted by atomic mass is 32.2. The quantitative estimate of drug-likeness (QED) is 0.777. The number of nitrogens with zero attached hydrogens (tertiary/aromatic N) is 1. The minimum atomic E-state index is 0.125. The molecule has 1 rings (SSSR count). The number of aliphatic hydroxyl groups excluding tert-OH is 1. The molecule has 0 aliphatic carbocycles. The van der Waals surface area contributed by atoms with Gasteiger partial charge in [-0.3, -0.25) is 0 Å². The summed E-state index contributed by atoms with van der Waals surface area (Å²) in [7, 11) is 0. The molecule has 0 amide bonds. The first-order valence-corrected chi connectivity index (χ1v) is 5.85. The molecule has 1 N–H and O–H groups in total. The van der Waals surface area contributed by atoms with Gasteiger partial charge in [0.15, 0.2) is 0 Å². The van der Waals surface area contributed by atoms with Crippen LogP contribution in [0.2, 0.25) is 0 Å². The number of aryl methyl sites for hydroxylation is 1. The lowest BCUT2D eigenvalue weighted by atomic mass is 10.2. The van der Waals surface area contributed by atoms with E-state index in [0.717, 1.165) is 11.3 Å². The summed E-state index contributed by atoms with van der Waals surface area (Å²) in [5, 5.41) is 17.7. The molecule has 1 aromatic rings. The Morgan fingerprint density at radius 1 is 1.40 bits per heavy atom. The van der Waals surface area contributed by atoms with Crippen molar-refractivity contribution >= 4 is 11.8 Å². The zero-order valence-electron chi connectivity index (χ0n) is 8.81. The normalized spacial score (nSPS) is 12.1. The molecule has 0 aliphatic heterocycles. The molecule has 0 saturated heterocycles. The molecule has 80 valence electrons. The second kappa shape index (κ2) is 6.49. The summed E-state index contributed by atoms with van der Waals surface area (Å²) in [6, 6.07) is 10.3. The number of benzene rings is 1. The minimum absolute atomic E-state index is 0.125. The van der Waals surface area contributed by atoms with Crippen LogP contribution >= 0.6 is 11.8 Å². The van der Waals surface area contributed by atoms with Crippen LogP contribution in [0.25, 0.3) is 0 Å². The predicted molar refractivity (Wildman–Crippen MR) is 62.8 cm³/mol. The molecule has 0 saturated carbocycles. The number of thioether (sulfide) groups is 1. The van der Waals surface area contributed by atoms with E-state index < -0.39 is 0 Å². The summed E-state index contributed by atoms with van der Waals surface area (Å²) in [6.45, 7) is 2.17. The summed E-state index contributed by atoms with van der Waals surface area (Å²) in [5.74, 6) is 0. The van der Waals surface area contributed by atoms with Crippen molar-refractivity contribution in [3.05, 3.63) is 29.8 Å². The fraction of sp³-hybridized carbons (Fsp3) is 0.417. The zero-order chi connectivity index (χ0) is 11.1. The van der Waals surface area contributed by atoms with Crippen LogP contribution in [-0.2, 0) is 0 Å². The summed E-state index contributed by atoms with van der Waals surface area (Å²) >= 11 is 1.64. The van der Waals surface area contributed by atoms with E-state index in [0.29, 0.717) is 6.42 Å². The SMILES string of the molecule is Cc1ccc(SC(CO)CCC#N)cc1. The van der Waals surface area contributed by atoms with Crippen LogP contribution in [0.4, 0.5) is 0 Å². The maximum absolute atomic E-state index is 9.14. The Bertz CT molecular complexity index is 328. The Morgan fingerprint density at radius 3 is 2.60 bits per heavy atom. The highest BCUT2D eigenvalue weighted by molar-refractivity contribution is 8.00. The molecule has 0 fully saturated rings. The molecule has 1 unspecified atom stereocenters. The molecule has 0 aromatic heterocycles. The molecule has 2 nitrogen and oxygen atoms in total. The van der Waals surface area contributed by atoms with Crippen LogP contribution in [-0.4, -0.2) is 17.0 Å². The van der Waals surface area contributed by atoms with E-state index in [1.807, 2.05) is 6.92 Å². The highest BCUT2D eigenvalue weighted by Crippen LogP contribution is 2.25. The Kier molecular flexibility index (Phi) is 5.23. The van der Waals surface area contributed by atoms with Crippen molar-refractivity contribution in [3.63, 3.8) is 0 Å². The fourth-order valence-electron chi connectivity index (χ4n) is 1.22. The van der Waals surface area contributed by atoms with E-state index in [1.165, 1.54) is 5.56 Å². The Hall–Kier alpha value is -0.980. The average molecular weight is 221 g/mol.